The van der Waals surface area contributed by atoms with E-state index >= 15 is 0 Å². The molecular weight excluding hydrogens is 188 g/mol. The lowest BCUT2D eigenvalue weighted by Crippen LogP contribution is -2.37. The van der Waals surface area contributed by atoms with Gasteiger partial charge >= 0.3 is 0 Å². The molecule has 0 saturated carbocycles. The molecule has 2 saturated heterocycles. The predicted molar refractivity (Wildman–Crippen MR) is 62.0 cm³/mol. The van der Waals surface area contributed by atoms with Gasteiger partial charge in [0.1, 0.15) is 0 Å². The molecule has 0 aliphatic carbocycles. The fraction of sp³-hybridized carbons (Fsp3) is 1.00. The first-order chi connectivity index (χ1) is 7.29. The van der Waals surface area contributed by atoms with Crippen LogP contribution in [0.25, 0.3) is 0 Å². The van der Waals surface area contributed by atoms with Crippen LogP contribution in [0.2, 0.25) is 0 Å². The molecule has 0 aromatic carbocycles. The number of hydrogen-bond acceptors (Lipinski definition) is 3. The standard InChI is InChI=1S/C12H24N2O/c1-3-12-10(5-7-15-12)8-13-11-4-6-14(2)9-11/h10-13H,3-9H2,1-2H3. The van der Waals surface area contributed by atoms with Gasteiger partial charge in [-0.1, -0.05) is 6.92 Å². The number of likely N-dealkylation sites (N-methyl/N-ethyl adjacent to an activating group) is 1. The van der Waals surface area contributed by atoms with Crippen molar-refractivity contribution in [2.45, 2.75) is 38.3 Å². The number of ether oxygens (including phenoxy) is 1. The predicted octanol–water partition coefficient (Wildman–Crippen LogP) is 1.10. The molecule has 2 fully saturated rings. The van der Waals surface area contributed by atoms with Gasteiger partial charge in [-0.3, -0.25) is 0 Å². The Morgan fingerprint density at radius 1 is 1.40 bits per heavy atom. The molecule has 0 radical (unpaired) electrons. The van der Waals surface area contributed by atoms with Crippen molar-refractivity contribution < 1.29 is 4.74 Å². The smallest absolute Gasteiger partial charge is 0.0613 e. The molecule has 0 aromatic rings. The van der Waals surface area contributed by atoms with E-state index in [0.29, 0.717) is 12.1 Å². The zero-order chi connectivity index (χ0) is 10.7. The molecule has 2 rings (SSSR count). The van der Waals surface area contributed by atoms with Gasteiger partial charge in [0.15, 0.2) is 0 Å². The first-order valence-electron chi connectivity index (χ1n) is 6.33. The molecule has 0 amide bonds. The SMILES string of the molecule is CCC1OCCC1CNC1CCN(C)C1. The van der Waals surface area contributed by atoms with Crippen molar-refractivity contribution in [1.29, 1.82) is 0 Å². The largest absolute Gasteiger partial charge is 0.378 e. The molecule has 0 spiro atoms. The van der Waals surface area contributed by atoms with Gasteiger partial charge in [-0.15, -0.1) is 0 Å². The lowest BCUT2D eigenvalue weighted by molar-refractivity contribution is 0.0867. The Bertz CT molecular complexity index is 198. The van der Waals surface area contributed by atoms with Gasteiger partial charge in [-0.2, -0.15) is 0 Å². The molecule has 15 heavy (non-hydrogen) atoms. The maximum Gasteiger partial charge on any atom is 0.0613 e. The van der Waals surface area contributed by atoms with Crippen LogP contribution in [0.5, 0.6) is 0 Å². The highest BCUT2D eigenvalue weighted by molar-refractivity contribution is 4.83. The van der Waals surface area contributed by atoms with Gasteiger partial charge < -0.3 is 15.0 Å². The van der Waals surface area contributed by atoms with Crippen LogP contribution in [-0.4, -0.2) is 50.3 Å². The van der Waals surface area contributed by atoms with E-state index in [1.807, 2.05) is 0 Å². The minimum Gasteiger partial charge on any atom is -0.378 e. The second-order valence-corrected chi connectivity index (χ2v) is 5.02. The second-order valence-electron chi connectivity index (χ2n) is 5.02. The van der Waals surface area contributed by atoms with Gasteiger partial charge in [0, 0.05) is 25.7 Å². The molecule has 88 valence electrons. The van der Waals surface area contributed by atoms with Crippen molar-refractivity contribution in [3.63, 3.8) is 0 Å². The van der Waals surface area contributed by atoms with Crippen LogP contribution in [0.15, 0.2) is 0 Å². The molecule has 3 atom stereocenters. The summed E-state index contributed by atoms with van der Waals surface area (Å²) >= 11 is 0. The van der Waals surface area contributed by atoms with E-state index in [0.717, 1.165) is 25.5 Å². The van der Waals surface area contributed by atoms with Gasteiger partial charge in [-0.05, 0) is 38.8 Å². The van der Waals surface area contributed by atoms with Gasteiger partial charge in [0.2, 0.25) is 0 Å². The molecule has 2 aliphatic rings. The molecule has 0 bridgehead atoms. The van der Waals surface area contributed by atoms with Crippen LogP contribution in [0.4, 0.5) is 0 Å². The van der Waals surface area contributed by atoms with Crippen molar-refractivity contribution in [2.24, 2.45) is 5.92 Å². The van der Waals surface area contributed by atoms with E-state index in [9.17, 15) is 0 Å². The Morgan fingerprint density at radius 2 is 2.27 bits per heavy atom. The summed E-state index contributed by atoms with van der Waals surface area (Å²) in [6, 6.07) is 0.716. The summed E-state index contributed by atoms with van der Waals surface area (Å²) in [5.74, 6) is 0.751. The fourth-order valence-corrected chi connectivity index (χ4v) is 2.80. The Labute approximate surface area is 93.2 Å². The minimum atomic E-state index is 0.511. The van der Waals surface area contributed by atoms with Crippen molar-refractivity contribution in [2.75, 3.05) is 33.3 Å². The van der Waals surface area contributed by atoms with E-state index in [4.69, 9.17) is 4.74 Å². The van der Waals surface area contributed by atoms with Crippen LogP contribution < -0.4 is 5.32 Å². The summed E-state index contributed by atoms with van der Waals surface area (Å²) < 4.78 is 5.70. The van der Waals surface area contributed by atoms with Gasteiger partial charge in [-0.25, -0.2) is 0 Å². The first-order valence-corrected chi connectivity index (χ1v) is 6.33. The van der Waals surface area contributed by atoms with Crippen LogP contribution in [-0.2, 0) is 4.74 Å². The molecule has 2 heterocycles. The zero-order valence-electron chi connectivity index (χ0n) is 10.0. The third-order valence-electron chi connectivity index (χ3n) is 3.81. The van der Waals surface area contributed by atoms with E-state index in [-0.39, 0.29) is 0 Å². The van der Waals surface area contributed by atoms with Crippen LogP contribution >= 0.6 is 0 Å². The number of nitrogens with zero attached hydrogens (tertiary/aromatic N) is 1. The molecule has 0 aromatic heterocycles. The fourth-order valence-electron chi connectivity index (χ4n) is 2.80. The van der Waals surface area contributed by atoms with Gasteiger partial charge in [0.05, 0.1) is 6.10 Å². The van der Waals surface area contributed by atoms with E-state index < -0.39 is 0 Å². The minimum absolute atomic E-state index is 0.511. The number of nitrogens with one attached hydrogen (secondary N) is 1. The lowest BCUT2D eigenvalue weighted by Gasteiger charge is -2.20. The highest BCUT2D eigenvalue weighted by atomic mass is 16.5. The maximum absolute atomic E-state index is 5.70. The summed E-state index contributed by atoms with van der Waals surface area (Å²) in [6.07, 6.45) is 4.22. The Kier molecular flexibility index (Phi) is 4.00. The highest BCUT2D eigenvalue weighted by Gasteiger charge is 2.28. The van der Waals surface area contributed by atoms with E-state index in [2.05, 4.69) is 24.2 Å². The van der Waals surface area contributed by atoms with Crippen LogP contribution in [0, 0.1) is 5.92 Å². The van der Waals surface area contributed by atoms with E-state index in [1.165, 1.54) is 25.9 Å². The normalized spacial score (nSPS) is 37.6. The second kappa shape index (κ2) is 5.28. The number of likely N-dealkylation sites (tertiary alicyclic amines) is 1. The molecular formula is C12H24N2O. The quantitative estimate of drug-likeness (QED) is 0.755. The average molecular weight is 212 g/mol. The summed E-state index contributed by atoms with van der Waals surface area (Å²) in [6.45, 7) is 6.80. The first kappa shape index (κ1) is 11.4. The van der Waals surface area contributed by atoms with Crippen LogP contribution in [0.1, 0.15) is 26.2 Å². The molecule has 1 N–H and O–H groups in total. The Morgan fingerprint density at radius 3 is 2.93 bits per heavy atom. The Hall–Kier alpha value is -0.120. The summed E-state index contributed by atoms with van der Waals surface area (Å²) in [5, 5.41) is 3.70. The number of hydrogen-bond donors (Lipinski definition) is 1. The molecule has 2 aliphatic heterocycles. The topological polar surface area (TPSA) is 24.5 Å². The third-order valence-corrected chi connectivity index (χ3v) is 3.81. The zero-order valence-corrected chi connectivity index (χ0v) is 10.0. The van der Waals surface area contributed by atoms with Crippen molar-refractivity contribution in [3.05, 3.63) is 0 Å². The molecule has 3 unspecified atom stereocenters. The third kappa shape index (κ3) is 2.92. The molecule has 3 heteroatoms. The Balaban J connectivity index is 1.68. The highest BCUT2D eigenvalue weighted by Crippen LogP contribution is 2.22. The summed E-state index contributed by atoms with van der Waals surface area (Å²) in [4.78, 5) is 2.40. The van der Waals surface area contributed by atoms with Gasteiger partial charge in [0.25, 0.3) is 0 Å². The van der Waals surface area contributed by atoms with E-state index in [1.54, 1.807) is 0 Å². The molecule has 3 nitrogen and oxygen atoms in total. The lowest BCUT2D eigenvalue weighted by atomic mass is 9.99. The van der Waals surface area contributed by atoms with Crippen molar-refractivity contribution in [3.8, 4) is 0 Å². The maximum atomic E-state index is 5.70. The summed E-state index contributed by atoms with van der Waals surface area (Å²) in [7, 11) is 2.20. The summed E-state index contributed by atoms with van der Waals surface area (Å²) in [5.41, 5.74) is 0. The van der Waals surface area contributed by atoms with Crippen LogP contribution in [0.3, 0.4) is 0 Å². The average Bonchev–Trinajstić information content (AvgIpc) is 2.83. The number of rotatable bonds is 4. The monoisotopic (exact) mass is 212 g/mol. The van der Waals surface area contributed by atoms with Crippen molar-refractivity contribution in [1.82, 2.24) is 10.2 Å². The van der Waals surface area contributed by atoms with Crippen molar-refractivity contribution >= 4 is 0 Å².